The van der Waals surface area contributed by atoms with Gasteiger partial charge >= 0.3 is 5.97 Å². The second-order valence-corrected chi connectivity index (χ2v) is 9.68. The molecule has 13 heteroatoms. The van der Waals surface area contributed by atoms with Gasteiger partial charge in [-0.25, -0.2) is 9.78 Å². The third-order valence-electron chi connectivity index (χ3n) is 5.64. The fraction of sp³-hybridized carbons (Fsp3) is 0.500. The lowest BCUT2D eigenvalue weighted by atomic mass is 10.1. The molecular formula is C24H32N6O7. The summed E-state index contributed by atoms with van der Waals surface area (Å²) in [5.74, 6) is 0.527. The molecule has 1 fully saturated rings. The number of benzene rings is 1. The van der Waals surface area contributed by atoms with E-state index in [1.54, 1.807) is 32.9 Å². The summed E-state index contributed by atoms with van der Waals surface area (Å²) >= 11 is 0. The number of hydrogen-bond donors (Lipinski definition) is 5. The molecule has 3 aromatic rings. The minimum absolute atomic E-state index is 0.143. The number of ether oxygens (including phenoxy) is 3. The lowest BCUT2D eigenvalue weighted by Crippen LogP contribution is -2.33. The molecule has 2 aromatic heterocycles. The van der Waals surface area contributed by atoms with E-state index in [0.717, 1.165) is 5.56 Å². The number of rotatable bonds is 9. The number of fused-ring (bicyclic) bond motifs is 1. The van der Waals surface area contributed by atoms with E-state index in [2.05, 4.69) is 20.3 Å². The Labute approximate surface area is 213 Å². The minimum Gasteiger partial charge on any atom is -0.482 e. The van der Waals surface area contributed by atoms with Gasteiger partial charge in [-0.05, 0) is 44.9 Å². The van der Waals surface area contributed by atoms with Gasteiger partial charge in [-0.2, -0.15) is 9.97 Å². The van der Waals surface area contributed by atoms with Crippen LogP contribution >= 0.6 is 0 Å². The van der Waals surface area contributed by atoms with Crippen LogP contribution in [0.25, 0.3) is 11.2 Å². The summed E-state index contributed by atoms with van der Waals surface area (Å²) < 4.78 is 17.7. The average Bonchev–Trinajstić information content (AvgIpc) is 3.38. The van der Waals surface area contributed by atoms with Crippen LogP contribution in [-0.4, -0.2) is 84.5 Å². The molecule has 0 bridgehead atoms. The predicted octanol–water partition coefficient (Wildman–Crippen LogP) is 0.395. The third-order valence-corrected chi connectivity index (χ3v) is 5.64. The van der Waals surface area contributed by atoms with Gasteiger partial charge in [-0.1, -0.05) is 12.1 Å². The second kappa shape index (κ2) is 10.8. The maximum absolute atomic E-state index is 11.8. The Balaban J connectivity index is 1.35. The average molecular weight is 517 g/mol. The number of anilines is 2. The Kier molecular flexibility index (Phi) is 7.78. The van der Waals surface area contributed by atoms with E-state index >= 15 is 0 Å². The molecule has 0 amide bonds. The highest BCUT2D eigenvalue weighted by molar-refractivity contribution is 5.83. The highest BCUT2D eigenvalue weighted by Crippen LogP contribution is 2.32. The van der Waals surface area contributed by atoms with Crippen LogP contribution < -0.4 is 15.8 Å². The molecule has 200 valence electrons. The molecule has 13 nitrogen and oxygen atoms in total. The van der Waals surface area contributed by atoms with Gasteiger partial charge in [0, 0.05) is 6.54 Å². The topological polar surface area (TPSA) is 187 Å². The van der Waals surface area contributed by atoms with Crippen molar-refractivity contribution >= 4 is 28.9 Å². The Morgan fingerprint density at radius 1 is 1.19 bits per heavy atom. The number of carbonyl (C=O) groups excluding carboxylic acids is 1. The Morgan fingerprint density at radius 3 is 2.57 bits per heavy atom. The molecule has 1 saturated heterocycles. The standard InChI is InChI=1S/C24H32N6O7/c1-24(2,3)37-16(32)11-35-14-6-4-13(5-7-14)8-9-26-23-28-20(25)17-21(29-23)30(12-27-17)22-19(34)18(33)15(10-31)36-22/h4-7,12,15,18-19,22,31,33-34H,8-11H2,1-3H3,(H3,25,26,28,29)/t15-,18-,19-,22-/m1/s1. The van der Waals surface area contributed by atoms with E-state index in [-0.39, 0.29) is 18.4 Å². The first-order valence-corrected chi connectivity index (χ1v) is 11.9. The van der Waals surface area contributed by atoms with Gasteiger partial charge in [0.1, 0.15) is 35.2 Å². The molecule has 1 aliphatic rings. The van der Waals surface area contributed by atoms with Crippen molar-refractivity contribution in [3.63, 3.8) is 0 Å². The van der Waals surface area contributed by atoms with Crippen molar-refractivity contribution in [1.29, 1.82) is 0 Å². The maximum Gasteiger partial charge on any atom is 0.344 e. The van der Waals surface area contributed by atoms with Crippen LogP contribution in [0.4, 0.5) is 11.8 Å². The molecule has 4 rings (SSSR count). The Bertz CT molecular complexity index is 1230. The molecule has 3 heterocycles. The number of nitrogens with zero attached hydrogens (tertiary/aromatic N) is 4. The van der Waals surface area contributed by atoms with E-state index < -0.39 is 42.7 Å². The molecule has 0 spiro atoms. The van der Waals surface area contributed by atoms with Gasteiger partial charge in [0.25, 0.3) is 0 Å². The molecule has 0 unspecified atom stereocenters. The van der Waals surface area contributed by atoms with Crippen LogP contribution in [0, 0.1) is 0 Å². The number of aliphatic hydroxyl groups is 3. The summed E-state index contributed by atoms with van der Waals surface area (Å²) in [6.45, 7) is 5.28. The fourth-order valence-corrected chi connectivity index (χ4v) is 3.90. The smallest absolute Gasteiger partial charge is 0.344 e. The molecule has 0 aliphatic carbocycles. The van der Waals surface area contributed by atoms with Crippen molar-refractivity contribution < 1.29 is 34.3 Å². The van der Waals surface area contributed by atoms with Gasteiger partial charge in [0.15, 0.2) is 24.3 Å². The van der Waals surface area contributed by atoms with Crippen LogP contribution in [0.2, 0.25) is 0 Å². The fourth-order valence-electron chi connectivity index (χ4n) is 3.90. The summed E-state index contributed by atoms with van der Waals surface area (Å²) in [4.78, 5) is 24.7. The number of aromatic nitrogens is 4. The summed E-state index contributed by atoms with van der Waals surface area (Å²) in [7, 11) is 0. The largest absolute Gasteiger partial charge is 0.482 e. The van der Waals surface area contributed by atoms with E-state index in [1.165, 1.54) is 10.9 Å². The van der Waals surface area contributed by atoms with E-state index in [4.69, 9.17) is 19.9 Å². The highest BCUT2D eigenvalue weighted by atomic mass is 16.6. The SMILES string of the molecule is CC(C)(C)OC(=O)COc1ccc(CCNc2nc(N)c3ncn([C@@H]4O[C@H](CO)[C@@H](O)[C@H]4O)c3n2)cc1. The van der Waals surface area contributed by atoms with Crippen molar-refractivity contribution in [3.8, 4) is 5.75 Å². The Morgan fingerprint density at radius 2 is 1.92 bits per heavy atom. The van der Waals surface area contributed by atoms with Crippen molar-refractivity contribution in [2.75, 3.05) is 30.8 Å². The molecule has 1 aromatic carbocycles. The number of imidazole rings is 1. The van der Waals surface area contributed by atoms with E-state index in [0.29, 0.717) is 29.9 Å². The van der Waals surface area contributed by atoms with Gasteiger partial charge in [-0.3, -0.25) is 4.57 Å². The monoisotopic (exact) mass is 516 g/mol. The number of nitrogens with one attached hydrogen (secondary N) is 1. The summed E-state index contributed by atoms with van der Waals surface area (Å²) in [6.07, 6.45) is -2.41. The zero-order valence-corrected chi connectivity index (χ0v) is 20.9. The first-order valence-electron chi connectivity index (χ1n) is 11.9. The van der Waals surface area contributed by atoms with Crippen molar-refractivity contribution in [1.82, 2.24) is 19.5 Å². The Hall–Kier alpha value is -3.52. The van der Waals surface area contributed by atoms with Crippen LogP contribution in [0.15, 0.2) is 30.6 Å². The summed E-state index contributed by atoms with van der Waals surface area (Å²) in [5.41, 5.74) is 7.16. The van der Waals surface area contributed by atoms with Crippen LogP contribution in [0.5, 0.6) is 5.75 Å². The number of carbonyl (C=O) groups is 1. The quantitative estimate of drug-likeness (QED) is 0.247. The first-order chi connectivity index (χ1) is 17.6. The summed E-state index contributed by atoms with van der Waals surface area (Å²) in [6, 6.07) is 7.34. The summed E-state index contributed by atoms with van der Waals surface area (Å²) in [5, 5.41) is 32.9. The van der Waals surface area contributed by atoms with E-state index in [1.807, 2.05) is 12.1 Å². The molecule has 1 aliphatic heterocycles. The zero-order valence-electron chi connectivity index (χ0n) is 20.9. The van der Waals surface area contributed by atoms with Gasteiger partial charge in [0.05, 0.1) is 12.9 Å². The second-order valence-electron chi connectivity index (χ2n) is 9.68. The molecule has 0 radical (unpaired) electrons. The van der Waals surface area contributed by atoms with Gasteiger partial charge in [0.2, 0.25) is 5.95 Å². The van der Waals surface area contributed by atoms with Crippen LogP contribution in [0.1, 0.15) is 32.6 Å². The lowest BCUT2D eigenvalue weighted by Gasteiger charge is -2.19. The number of nitrogen functional groups attached to an aromatic ring is 1. The highest BCUT2D eigenvalue weighted by Gasteiger charge is 2.44. The number of nitrogens with two attached hydrogens (primary N) is 1. The van der Waals surface area contributed by atoms with Gasteiger partial charge in [-0.15, -0.1) is 0 Å². The zero-order chi connectivity index (χ0) is 26.7. The predicted molar refractivity (Wildman–Crippen MR) is 133 cm³/mol. The third kappa shape index (κ3) is 6.25. The lowest BCUT2D eigenvalue weighted by molar-refractivity contribution is -0.157. The maximum atomic E-state index is 11.8. The molecule has 4 atom stereocenters. The van der Waals surface area contributed by atoms with E-state index in [9.17, 15) is 20.1 Å². The van der Waals surface area contributed by atoms with Crippen molar-refractivity contribution in [3.05, 3.63) is 36.2 Å². The van der Waals surface area contributed by atoms with Crippen LogP contribution in [-0.2, 0) is 20.7 Å². The minimum atomic E-state index is -1.28. The first kappa shape index (κ1) is 26.5. The van der Waals surface area contributed by atoms with Crippen molar-refractivity contribution in [2.24, 2.45) is 0 Å². The van der Waals surface area contributed by atoms with Crippen LogP contribution in [0.3, 0.4) is 0 Å². The normalized spacial score (nSPS) is 21.8. The molecular weight excluding hydrogens is 484 g/mol. The molecule has 6 N–H and O–H groups in total. The van der Waals surface area contributed by atoms with Gasteiger partial charge < -0.3 is 40.6 Å². The number of esters is 1. The number of hydrogen-bond acceptors (Lipinski definition) is 12. The van der Waals surface area contributed by atoms with Crippen molar-refractivity contribution in [2.45, 2.75) is 57.3 Å². The molecule has 0 saturated carbocycles. The number of aliphatic hydroxyl groups excluding tert-OH is 3. The molecule has 37 heavy (non-hydrogen) atoms.